The fourth-order valence-electron chi connectivity index (χ4n) is 3.14. The van der Waals surface area contributed by atoms with Crippen LogP contribution in [0.1, 0.15) is 23.7 Å². The molecule has 3 unspecified atom stereocenters. The van der Waals surface area contributed by atoms with Gasteiger partial charge in [0.2, 0.25) is 5.82 Å². The molecule has 1 aliphatic rings. The SMILES string of the molecule is Nc1nc(C#CC(O)c2ccccc2)nc2c1ncn2[C@@H]1O[C@H](CO)C(O)C1O. The minimum Gasteiger partial charge on any atom is -0.394 e. The second kappa shape index (κ2) is 7.75. The number of anilines is 1. The summed E-state index contributed by atoms with van der Waals surface area (Å²) < 4.78 is 6.92. The molecule has 1 aliphatic heterocycles. The lowest BCUT2D eigenvalue weighted by Crippen LogP contribution is -2.33. The first-order chi connectivity index (χ1) is 14.0. The van der Waals surface area contributed by atoms with Crippen LogP contribution in [0.4, 0.5) is 5.82 Å². The van der Waals surface area contributed by atoms with Crippen molar-refractivity contribution in [3.8, 4) is 11.8 Å². The van der Waals surface area contributed by atoms with Crippen LogP contribution in [-0.2, 0) is 4.74 Å². The van der Waals surface area contributed by atoms with E-state index >= 15 is 0 Å². The molecule has 4 rings (SSSR count). The van der Waals surface area contributed by atoms with Crippen LogP contribution in [0.25, 0.3) is 11.2 Å². The molecule has 0 amide bonds. The van der Waals surface area contributed by atoms with Crippen molar-refractivity contribution in [2.24, 2.45) is 0 Å². The van der Waals surface area contributed by atoms with Crippen LogP contribution in [0.15, 0.2) is 36.7 Å². The number of fused-ring (bicyclic) bond motifs is 1. The van der Waals surface area contributed by atoms with Gasteiger partial charge in [-0.15, -0.1) is 0 Å². The van der Waals surface area contributed by atoms with Crippen LogP contribution in [0.5, 0.6) is 0 Å². The zero-order chi connectivity index (χ0) is 20.5. The first-order valence-electron chi connectivity index (χ1n) is 8.86. The van der Waals surface area contributed by atoms with Gasteiger partial charge >= 0.3 is 0 Å². The Morgan fingerprint density at radius 3 is 2.62 bits per heavy atom. The number of hydrogen-bond acceptors (Lipinski definition) is 9. The Labute approximate surface area is 165 Å². The normalized spacial score (nSPS) is 25.0. The zero-order valence-corrected chi connectivity index (χ0v) is 15.1. The number of rotatable bonds is 3. The maximum atomic E-state index is 10.3. The Kier molecular flexibility index (Phi) is 5.14. The molecule has 29 heavy (non-hydrogen) atoms. The molecule has 0 aliphatic carbocycles. The summed E-state index contributed by atoms with van der Waals surface area (Å²) in [5.74, 6) is 5.47. The van der Waals surface area contributed by atoms with Crippen LogP contribution in [0, 0.1) is 11.8 Å². The van der Waals surface area contributed by atoms with Crippen LogP contribution >= 0.6 is 0 Å². The van der Waals surface area contributed by atoms with Gasteiger partial charge in [-0.2, -0.15) is 0 Å². The molecule has 150 valence electrons. The van der Waals surface area contributed by atoms with Crippen molar-refractivity contribution in [1.29, 1.82) is 0 Å². The number of nitrogens with zero attached hydrogens (tertiary/aromatic N) is 4. The summed E-state index contributed by atoms with van der Waals surface area (Å²) in [5.41, 5.74) is 7.10. The van der Waals surface area contributed by atoms with Crippen molar-refractivity contribution < 1.29 is 25.2 Å². The maximum Gasteiger partial charge on any atom is 0.209 e. The van der Waals surface area contributed by atoms with Gasteiger partial charge in [0.05, 0.1) is 12.9 Å². The second-order valence-electron chi connectivity index (χ2n) is 6.57. The molecule has 2 aromatic heterocycles. The summed E-state index contributed by atoms with van der Waals surface area (Å²) in [6, 6.07) is 8.91. The molecular weight excluding hydrogens is 378 g/mol. The number of aromatic nitrogens is 4. The van der Waals surface area contributed by atoms with Crippen LogP contribution in [0.3, 0.4) is 0 Å². The number of aliphatic hydroxyl groups excluding tert-OH is 4. The topological polar surface area (TPSA) is 160 Å². The number of benzene rings is 1. The minimum absolute atomic E-state index is 0.0541. The van der Waals surface area contributed by atoms with Gasteiger partial charge in [-0.25, -0.2) is 15.0 Å². The van der Waals surface area contributed by atoms with Gasteiger partial charge in [0, 0.05) is 0 Å². The van der Waals surface area contributed by atoms with Gasteiger partial charge in [-0.3, -0.25) is 4.57 Å². The first-order valence-corrected chi connectivity index (χ1v) is 8.86. The third-order valence-electron chi connectivity index (χ3n) is 4.68. The van der Waals surface area contributed by atoms with E-state index in [0.29, 0.717) is 5.56 Å². The monoisotopic (exact) mass is 397 g/mol. The van der Waals surface area contributed by atoms with Gasteiger partial charge in [-0.05, 0) is 11.5 Å². The molecule has 3 aromatic rings. The van der Waals surface area contributed by atoms with Crippen molar-refractivity contribution in [1.82, 2.24) is 19.5 Å². The summed E-state index contributed by atoms with van der Waals surface area (Å²) in [6.45, 7) is -0.452. The van der Waals surface area contributed by atoms with Crippen molar-refractivity contribution in [2.75, 3.05) is 12.3 Å². The highest BCUT2D eigenvalue weighted by molar-refractivity contribution is 5.82. The molecule has 1 aromatic carbocycles. The molecule has 0 saturated carbocycles. The molecule has 5 atom stereocenters. The summed E-state index contributed by atoms with van der Waals surface area (Å²) in [4.78, 5) is 12.5. The van der Waals surface area contributed by atoms with Crippen LogP contribution < -0.4 is 5.73 Å². The predicted molar refractivity (Wildman–Crippen MR) is 101 cm³/mol. The molecule has 0 bridgehead atoms. The molecule has 10 heteroatoms. The average molecular weight is 397 g/mol. The van der Waals surface area contributed by atoms with Crippen molar-refractivity contribution in [3.63, 3.8) is 0 Å². The standard InChI is InChI=1S/C19H19N5O5/c20-17-14-18(24(9-21-14)19-16(28)15(27)12(8-25)29-19)23-13(22-17)7-6-11(26)10-4-2-1-3-5-10/h1-5,9,11-12,15-16,19,25-28H,8H2,(H2,20,22,23)/t11?,12-,15?,16?,19-/m1/s1. The third kappa shape index (κ3) is 3.53. The van der Waals surface area contributed by atoms with E-state index in [1.54, 1.807) is 24.3 Å². The van der Waals surface area contributed by atoms with Crippen molar-refractivity contribution >= 4 is 17.0 Å². The van der Waals surface area contributed by atoms with Gasteiger partial charge in [0.1, 0.15) is 29.9 Å². The van der Waals surface area contributed by atoms with E-state index in [2.05, 4.69) is 26.8 Å². The zero-order valence-electron chi connectivity index (χ0n) is 15.1. The van der Waals surface area contributed by atoms with E-state index in [9.17, 15) is 20.4 Å². The fraction of sp³-hybridized carbons (Fsp3) is 0.316. The molecule has 0 radical (unpaired) electrons. The van der Waals surface area contributed by atoms with Crippen LogP contribution in [0.2, 0.25) is 0 Å². The minimum atomic E-state index is -1.30. The van der Waals surface area contributed by atoms with E-state index in [0.717, 1.165) is 0 Å². The Morgan fingerprint density at radius 2 is 1.93 bits per heavy atom. The smallest absolute Gasteiger partial charge is 0.209 e. The average Bonchev–Trinajstić information content (AvgIpc) is 3.28. The van der Waals surface area contributed by atoms with E-state index in [1.807, 2.05) is 6.07 Å². The lowest BCUT2D eigenvalue weighted by molar-refractivity contribution is -0.0511. The van der Waals surface area contributed by atoms with E-state index in [4.69, 9.17) is 10.5 Å². The molecule has 1 saturated heterocycles. The summed E-state index contributed by atoms with van der Waals surface area (Å²) in [7, 11) is 0. The lowest BCUT2D eigenvalue weighted by Gasteiger charge is -2.16. The molecule has 6 N–H and O–H groups in total. The summed E-state index contributed by atoms with van der Waals surface area (Å²) >= 11 is 0. The summed E-state index contributed by atoms with van der Waals surface area (Å²) in [6.07, 6.45) is -4.19. The second-order valence-corrected chi connectivity index (χ2v) is 6.57. The van der Waals surface area contributed by atoms with E-state index in [1.165, 1.54) is 10.9 Å². The van der Waals surface area contributed by atoms with Gasteiger partial charge in [0.15, 0.2) is 17.7 Å². The summed E-state index contributed by atoms with van der Waals surface area (Å²) in [5, 5.41) is 39.7. The third-order valence-corrected chi connectivity index (χ3v) is 4.68. The molecular formula is C19H19N5O5. The highest BCUT2D eigenvalue weighted by Crippen LogP contribution is 2.31. The number of imidazole rings is 1. The fourth-order valence-corrected chi connectivity index (χ4v) is 3.14. The van der Waals surface area contributed by atoms with E-state index < -0.39 is 37.3 Å². The number of nitrogens with two attached hydrogens (primary N) is 1. The Balaban J connectivity index is 1.69. The Hall–Kier alpha value is -3.07. The number of nitrogen functional groups attached to an aromatic ring is 1. The molecule has 1 fully saturated rings. The van der Waals surface area contributed by atoms with Gasteiger partial charge in [-0.1, -0.05) is 36.3 Å². The molecule has 10 nitrogen and oxygen atoms in total. The predicted octanol–water partition coefficient (Wildman–Crippen LogP) is -0.895. The lowest BCUT2D eigenvalue weighted by atomic mass is 10.1. The molecule has 0 spiro atoms. The van der Waals surface area contributed by atoms with Crippen molar-refractivity contribution in [3.05, 3.63) is 48.0 Å². The van der Waals surface area contributed by atoms with Crippen LogP contribution in [-0.4, -0.2) is 64.9 Å². The maximum absolute atomic E-state index is 10.3. The highest BCUT2D eigenvalue weighted by Gasteiger charge is 2.44. The van der Waals surface area contributed by atoms with Gasteiger partial charge < -0.3 is 30.9 Å². The van der Waals surface area contributed by atoms with E-state index in [-0.39, 0.29) is 22.8 Å². The quantitative estimate of drug-likeness (QED) is 0.353. The van der Waals surface area contributed by atoms with Gasteiger partial charge in [0.25, 0.3) is 0 Å². The number of hydrogen-bond donors (Lipinski definition) is 5. The highest BCUT2D eigenvalue weighted by atomic mass is 16.6. The van der Waals surface area contributed by atoms with Crippen molar-refractivity contribution in [2.45, 2.75) is 30.6 Å². The largest absolute Gasteiger partial charge is 0.394 e. The first kappa shape index (κ1) is 19.3. The number of ether oxygens (including phenoxy) is 1. The Morgan fingerprint density at radius 1 is 1.17 bits per heavy atom. The Bertz CT molecular complexity index is 1080. The number of aliphatic hydroxyl groups is 4. The molecule has 3 heterocycles.